The molecule has 0 aliphatic heterocycles. The zero-order valence-corrected chi connectivity index (χ0v) is 16.2. The first kappa shape index (κ1) is 17.9. The summed E-state index contributed by atoms with van der Waals surface area (Å²) in [6.07, 6.45) is 0. The summed E-state index contributed by atoms with van der Waals surface area (Å²) in [7, 11) is 0. The maximum Gasteiger partial charge on any atom is 0.181 e. The predicted molar refractivity (Wildman–Crippen MR) is 101 cm³/mol. The van der Waals surface area contributed by atoms with Crippen molar-refractivity contribution in [2.45, 2.75) is 39.2 Å². The highest BCUT2D eigenvalue weighted by Crippen LogP contribution is 2.33. The molecule has 0 radical (unpaired) electrons. The van der Waals surface area contributed by atoms with Crippen LogP contribution in [0.1, 0.15) is 36.6 Å². The fraction of sp³-hybridized carbons (Fsp3) is 0.235. The Balaban J connectivity index is 1.57. The van der Waals surface area contributed by atoms with Gasteiger partial charge >= 0.3 is 0 Å². The molecule has 0 saturated carbocycles. The van der Waals surface area contributed by atoms with Gasteiger partial charge in [0.2, 0.25) is 0 Å². The summed E-state index contributed by atoms with van der Waals surface area (Å²) in [6.45, 7) is 4.39. The van der Waals surface area contributed by atoms with E-state index in [0.717, 1.165) is 14.4 Å². The molecule has 0 unspecified atom stereocenters. The van der Waals surface area contributed by atoms with E-state index in [4.69, 9.17) is 5.26 Å². The van der Waals surface area contributed by atoms with E-state index >= 15 is 0 Å². The van der Waals surface area contributed by atoms with E-state index < -0.39 is 0 Å². The van der Waals surface area contributed by atoms with Gasteiger partial charge in [0.05, 0.1) is 0 Å². The molecule has 126 valence electrons. The largest absolute Gasteiger partial charge is 0.191 e. The lowest BCUT2D eigenvalue weighted by Crippen LogP contribution is -1.88. The summed E-state index contributed by atoms with van der Waals surface area (Å²) in [5.41, 5.74) is 2.94. The maximum atomic E-state index is 8.73. The van der Waals surface area contributed by atoms with Crippen LogP contribution >= 0.6 is 34.9 Å². The van der Waals surface area contributed by atoms with Gasteiger partial charge in [-0.3, -0.25) is 0 Å². The fourth-order valence-corrected chi connectivity index (χ4v) is 4.80. The summed E-state index contributed by atoms with van der Waals surface area (Å²) >= 11 is 4.62. The fourth-order valence-electron chi connectivity index (χ4n) is 1.96. The Morgan fingerprint density at radius 2 is 1.76 bits per heavy atom. The van der Waals surface area contributed by atoms with Crippen LogP contribution in [0, 0.1) is 11.3 Å². The molecular formula is C17H15N5S3. The summed E-state index contributed by atoms with van der Waals surface area (Å²) < 4.78 is 1.74. The normalized spacial score (nSPS) is 10.8. The third-order valence-electron chi connectivity index (χ3n) is 3.34. The molecule has 0 fully saturated rings. The van der Waals surface area contributed by atoms with Crippen molar-refractivity contribution in [1.29, 1.82) is 5.26 Å². The van der Waals surface area contributed by atoms with E-state index in [1.54, 1.807) is 23.9 Å². The standard InChI is InChI=1S/C17H15N5S3/c1-11(2)13-5-3-12(4-6-13)10-23-16-21-22-17(25-16)24-15-8-7-14(9-18)19-20-15/h3-8,11H,10H2,1-2H3. The number of thioether (sulfide) groups is 1. The smallest absolute Gasteiger partial charge is 0.181 e. The molecule has 0 amide bonds. The average Bonchev–Trinajstić information content (AvgIpc) is 3.08. The van der Waals surface area contributed by atoms with E-state index in [1.165, 1.54) is 34.2 Å². The van der Waals surface area contributed by atoms with Crippen LogP contribution in [0.4, 0.5) is 0 Å². The first-order valence-corrected chi connectivity index (χ1v) is 10.2. The molecule has 0 N–H and O–H groups in total. The summed E-state index contributed by atoms with van der Waals surface area (Å²) in [5, 5.41) is 25.6. The predicted octanol–water partition coefficient (Wildman–Crippen LogP) is 4.77. The lowest BCUT2D eigenvalue weighted by atomic mass is 10.0. The van der Waals surface area contributed by atoms with Crippen molar-refractivity contribution < 1.29 is 0 Å². The second-order valence-electron chi connectivity index (χ2n) is 5.49. The second-order valence-corrected chi connectivity index (χ2v) is 8.96. The molecule has 1 aromatic carbocycles. The zero-order valence-electron chi connectivity index (χ0n) is 13.7. The van der Waals surface area contributed by atoms with Crippen LogP contribution in [0.3, 0.4) is 0 Å². The molecule has 8 heteroatoms. The lowest BCUT2D eigenvalue weighted by Gasteiger charge is -2.05. The van der Waals surface area contributed by atoms with E-state index in [-0.39, 0.29) is 0 Å². The molecule has 3 rings (SSSR count). The van der Waals surface area contributed by atoms with Crippen molar-refractivity contribution in [2.24, 2.45) is 0 Å². The molecule has 0 spiro atoms. The van der Waals surface area contributed by atoms with E-state index in [1.807, 2.05) is 6.07 Å². The number of rotatable bonds is 6. The van der Waals surface area contributed by atoms with Crippen molar-refractivity contribution >= 4 is 34.9 Å². The van der Waals surface area contributed by atoms with E-state index in [2.05, 4.69) is 58.5 Å². The minimum atomic E-state index is 0.307. The molecule has 0 saturated heterocycles. The van der Waals surface area contributed by atoms with Crippen molar-refractivity contribution in [3.8, 4) is 6.07 Å². The topological polar surface area (TPSA) is 75.3 Å². The summed E-state index contributed by atoms with van der Waals surface area (Å²) in [4.78, 5) is 0. The van der Waals surface area contributed by atoms with Crippen LogP contribution in [0.15, 0.2) is 50.1 Å². The Kier molecular flexibility index (Phi) is 6.02. The summed E-state index contributed by atoms with van der Waals surface area (Å²) in [6, 6.07) is 14.1. The second kappa shape index (κ2) is 8.43. The third-order valence-corrected chi connectivity index (χ3v) is 6.45. The molecule has 2 aromatic heterocycles. The molecule has 0 aliphatic rings. The van der Waals surface area contributed by atoms with Gasteiger partial charge in [0, 0.05) is 5.75 Å². The van der Waals surface area contributed by atoms with Gasteiger partial charge < -0.3 is 0 Å². The minimum absolute atomic E-state index is 0.307. The van der Waals surface area contributed by atoms with Crippen molar-refractivity contribution in [2.75, 3.05) is 0 Å². The SMILES string of the molecule is CC(C)c1ccc(CSc2nnc(Sc3ccc(C#N)nn3)s2)cc1. The Morgan fingerprint density at radius 1 is 1.00 bits per heavy atom. The number of nitriles is 1. The third kappa shape index (κ3) is 5.01. The Bertz CT molecular complexity index is 867. The van der Waals surface area contributed by atoms with Crippen LogP contribution in [-0.2, 0) is 5.75 Å². The van der Waals surface area contributed by atoms with Crippen molar-refractivity contribution in [1.82, 2.24) is 20.4 Å². The quantitative estimate of drug-likeness (QED) is 0.566. The number of hydrogen-bond donors (Lipinski definition) is 0. The van der Waals surface area contributed by atoms with Crippen LogP contribution in [0.25, 0.3) is 0 Å². The molecular weight excluding hydrogens is 370 g/mol. The van der Waals surface area contributed by atoms with Crippen molar-refractivity contribution in [3.05, 3.63) is 53.2 Å². The van der Waals surface area contributed by atoms with Crippen LogP contribution in [0.5, 0.6) is 0 Å². The average molecular weight is 386 g/mol. The highest BCUT2D eigenvalue weighted by molar-refractivity contribution is 8.02. The number of nitrogens with zero attached hydrogens (tertiary/aromatic N) is 5. The van der Waals surface area contributed by atoms with Crippen LogP contribution in [0.2, 0.25) is 0 Å². The summed E-state index contributed by atoms with van der Waals surface area (Å²) in [5.74, 6) is 1.42. The first-order valence-electron chi connectivity index (χ1n) is 7.61. The van der Waals surface area contributed by atoms with Crippen molar-refractivity contribution in [3.63, 3.8) is 0 Å². The van der Waals surface area contributed by atoms with Gasteiger partial charge in [0.15, 0.2) is 14.4 Å². The molecule has 3 aromatic rings. The number of hydrogen-bond acceptors (Lipinski definition) is 8. The van der Waals surface area contributed by atoms with Crippen LogP contribution in [-0.4, -0.2) is 20.4 Å². The Labute approximate surface area is 158 Å². The Hall–Kier alpha value is -1.95. The lowest BCUT2D eigenvalue weighted by molar-refractivity contribution is 0.866. The number of benzene rings is 1. The zero-order chi connectivity index (χ0) is 17.6. The molecule has 2 heterocycles. The van der Waals surface area contributed by atoms with E-state index in [0.29, 0.717) is 16.6 Å². The molecule has 25 heavy (non-hydrogen) atoms. The van der Waals surface area contributed by atoms with Crippen LogP contribution < -0.4 is 0 Å². The molecule has 5 nitrogen and oxygen atoms in total. The van der Waals surface area contributed by atoms with Gasteiger partial charge in [-0.25, -0.2) is 0 Å². The van der Waals surface area contributed by atoms with Gasteiger partial charge in [0.25, 0.3) is 0 Å². The highest BCUT2D eigenvalue weighted by atomic mass is 32.2. The number of aromatic nitrogens is 4. The minimum Gasteiger partial charge on any atom is -0.191 e. The van der Waals surface area contributed by atoms with Gasteiger partial charge in [0.1, 0.15) is 11.1 Å². The first-order chi connectivity index (χ1) is 12.1. The monoisotopic (exact) mass is 385 g/mol. The van der Waals surface area contributed by atoms with Gasteiger partial charge in [-0.2, -0.15) is 5.26 Å². The molecule has 0 atom stereocenters. The van der Waals surface area contributed by atoms with E-state index in [9.17, 15) is 0 Å². The molecule has 0 bridgehead atoms. The van der Waals surface area contributed by atoms with Gasteiger partial charge in [-0.05, 0) is 40.9 Å². The maximum absolute atomic E-state index is 8.73. The molecule has 0 aliphatic carbocycles. The highest BCUT2D eigenvalue weighted by Gasteiger charge is 2.09. The van der Waals surface area contributed by atoms with Gasteiger partial charge in [-0.15, -0.1) is 20.4 Å². The Morgan fingerprint density at radius 3 is 2.40 bits per heavy atom. The van der Waals surface area contributed by atoms with Gasteiger partial charge in [-0.1, -0.05) is 61.2 Å².